The zero-order valence-electron chi connectivity index (χ0n) is 8.60. The van der Waals surface area contributed by atoms with Crippen molar-refractivity contribution in [3.63, 3.8) is 0 Å². The maximum Gasteiger partial charge on any atom is 0.211 e. The van der Waals surface area contributed by atoms with Gasteiger partial charge in [-0.1, -0.05) is 19.1 Å². The summed E-state index contributed by atoms with van der Waals surface area (Å²) in [5, 5.41) is 9.03. The standard InChI is InChI=1S/C10H15NO3S/c1-2-7-15(13,14)11-8-9-3-5-10(12)6-4-9/h3-6,11-12H,2,7-8H2,1H3. The Kier molecular flexibility index (Phi) is 4.11. The largest absolute Gasteiger partial charge is 0.508 e. The van der Waals surface area contributed by atoms with E-state index in [9.17, 15) is 8.42 Å². The zero-order valence-corrected chi connectivity index (χ0v) is 9.42. The van der Waals surface area contributed by atoms with E-state index < -0.39 is 10.0 Å². The van der Waals surface area contributed by atoms with E-state index in [0.717, 1.165) is 5.56 Å². The maximum absolute atomic E-state index is 11.3. The lowest BCUT2D eigenvalue weighted by atomic mass is 10.2. The highest BCUT2D eigenvalue weighted by Crippen LogP contribution is 2.09. The molecule has 0 fully saturated rings. The Morgan fingerprint density at radius 3 is 2.40 bits per heavy atom. The molecule has 0 aromatic heterocycles. The van der Waals surface area contributed by atoms with Gasteiger partial charge in [-0.3, -0.25) is 0 Å². The first kappa shape index (κ1) is 12.0. The van der Waals surface area contributed by atoms with Gasteiger partial charge in [0.15, 0.2) is 0 Å². The van der Waals surface area contributed by atoms with Crippen molar-refractivity contribution >= 4 is 10.0 Å². The van der Waals surface area contributed by atoms with E-state index in [1.165, 1.54) is 12.1 Å². The Balaban J connectivity index is 2.54. The van der Waals surface area contributed by atoms with Crippen molar-refractivity contribution in [2.45, 2.75) is 19.9 Å². The van der Waals surface area contributed by atoms with E-state index in [0.29, 0.717) is 6.42 Å². The van der Waals surface area contributed by atoms with Crippen LogP contribution in [0.4, 0.5) is 0 Å². The molecule has 5 heteroatoms. The maximum atomic E-state index is 11.3. The lowest BCUT2D eigenvalue weighted by Gasteiger charge is -2.05. The Morgan fingerprint density at radius 2 is 1.87 bits per heavy atom. The highest BCUT2D eigenvalue weighted by Gasteiger charge is 2.07. The van der Waals surface area contributed by atoms with E-state index >= 15 is 0 Å². The van der Waals surface area contributed by atoms with Crippen LogP contribution < -0.4 is 4.72 Å². The van der Waals surface area contributed by atoms with Gasteiger partial charge in [-0.15, -0.1) is 0 Å². The molecule has 1 aromatic carbocycles. The molecule has 0 unspecified atom stereocenters. The summed E-state index contributed by atoms with van der Waals surface area (Å²) >= 11 is 0. The molecule has 0 aliphatic heterocycles. The predicted molar refractivity (Wildman–Crippen MR) is 59.0 cm³/mol. The van der Waals surface area contributed by atoms with E-state index in [2.05, 4.69) is 4.72 Å². The number of phenols is 1. The number of aromatic hydroxyl groups is 1. The topological polar surface area (TPSA) is 66.4 Å². The first-order valence-electron chi connectivity index (χ1n) is 4.79. The Hall–Kier alpha value is -1.07. The lowest BCUT2D eigenvalue weighted by molar-refractivity contribution is 0.475. The number of phenolic OH excluding ortho intramolecular Hbond substituents is 1. The van der Waals surface area contributed by atoms with Crippen LogP contribution in [0.15, 0.2) is 24.3 Å². The van der Waals surface area contributed by atoms with E-state index in [1.54, 1.807) is 12.1 Å². The van der Waals surface area contributed by atoms with Crippen LogP contribution >= 0.6 is 0 Å². The number of hydrogen-bond donors (Lipinski definition) is 2. The number of sulfonamides is 1. The summed E-state index contributed by atoms with van der Waals surface area (Å²) < 4.78 is 25.1. The van der Waals surface area contributed by atoms with Gasteiger partial charge in [0.05, 0.1) is 5.75 Å². The minimum Gasteiger partial charge on any atom is -0.508 e. The van der Waals surface area contributed by atoms with Crippen molar-refractivity contribution in [3.05, 3.63) is 29.8 Å². The normalized spacial score (nSPS) is 11.5. The molecule has 1 aromatic rings. The summed E-state index contributed by atoms with van der Waals surface area (Å²) in [6, 6.07) is 6.43. The smallest absolute Gasteiger partial charge is 0.211 e. The van der Waals surface area contributed by atoms with Gasteiger partial charge in [-0.05, 0) is 24.1 Å². The van der Waals surface area contributed by atoms with Crippen molar-refractivity contribution in [1.82, 2.24) is 4.72 Å². The number of hydrogen-bond acceptors (Lipinski definition) is 3. The third kappa shape index (κ3) is 4.31. The fourth-order valence-corrected chi connectivity index (χ4v) is 2.22. The average Bonchev–Trinajstić information content (AvgIpc) is 2.17. The van der Waals surface area contributed by atoms with Crippen molar-refractivity contribution in [1.29, 1.82) is 0 Å². The average molecular weight is 229 g/mol. The van der Waals surface area contributed by atoms with Gasteiger partial charge in [-0.25, -0.2) is 13.1 Å². The summed E-state index contributed by atoms with van der Waals surface area (Å²) in [6.07, 6.45) is 0.602. The molecule has 0 aliphatic rings. The molecule has 0 heterocycles. The van der Waals surface area contributed by atoms with Gasteiger partial charge in [0.2, 0.25) is 10.0 Å². The molecule has 0 aliphatic carbocycles. The fraction of sp³-hybridized carbons (Fsp3) is 0.400. The second kappa shape index (κ2) is 5.14. The molecule has 0 saturated carbocycles. The first-order valence-corrected chi connectivity index (χ1v) is 6.44. The predicted octanol–water partition coefficient (Wildman–Crippen LogP) is 1.22. The van der Waals surface area contributed by atoms with Gasteiger partial charge >= 0.3 is 0 Å². The fourth-order valence-electron chi connectivity index (χ4n) is 1.15. The molecule has 0 bridgehead atoms. The van der Waals surface area contributed by atoms with Gasteiger partial charge in [0.1, 0.15) is 5.75 Å². The summed E-state index contributed by atoms with van der Waals surface area (Å²) in [4.78, 5) is 0. The molecule has 4 nitrogen and oxygen atoms in total. The van der Waals surface area contributed by atoms with Crippen LogP contribution in [0, 0.1) is 0 Å². The van der Waals surface area contributed by atoms with Crippen LogP contribution in [-0.4, -0.2) is 19.3 Å². The summed E-state index contributed by atoms with van der Waals surface area (Å²) in [7, 11) is -3.15. The molecule has 15 heavy (non-hydrogen) atoms. The second-order valence-electron chi connectivity index (χ2n) is 3.31. The van der Waals surface area contributed by atoms with Crippen molar-refractivity contribution in [3.8, 4) is 5.75 Å². The Bertz CT molecular complexity index is 397. The molecule has 84 valence electrons. The van der Waals surface area contributed by atoms with Gasteiger partial charge in [0, 0.05) is 6.54 Å². The van der Waals surface area contributed by atoms with E-state index in [1.807, 2.05) is 6.92 Å². The van der Waals surface area contributed by atoms with Crippen LogP contribution in [0.5, 0.6) is 5.75 Å². The van der Waals surface area contributed by atoms with Crippen LogP contribution in [0.1, 0.15) is 18.9 Å². The molecule has 0 saturated heterocycles. The number of nitrogens with one attached hydrogen (secondary N) is 1. The quantitative estimate of drug-likeness (QED) is 0.797. The minimum absolute atomic E-state index is 0.144. The van der Waals surface area contributed by atoms with Crippen LogP contribution in [0.25, 0.3) is 0 Å². The number of benzene rings is 1. The van der Waals surface area contributed by atoms with Gasteiger partial charge in [-0.2, -0.15) is 0 Å². The molecule has 0 atom stereocenters. The summed E-state index contributed by atoms with van der Waals surface area (Å²) in [6.45, 7) is 2.09. The third-order valence-electron chi connectivity index (χ3n) is 1.91. The van der Waals surface area contributed by atoms with Gasteiger partial charge in [0.25, 0.3) is 0 Å². The molecular formula is C10H15NO3S. The van der Waals surface area contributed by atoms with Crippen molar-refractivity contribution in [2.75, 3.05) is 5.75 Å². The van der Waals surface area contributed by atoms with Crippen LogP contribution in [0.3, 0.4) is 0 Å². The van der Waals surface area contributed by atoms with E-state index in [-0.39, 0.29) is 18.0 Å². The molecule has 0 spiro atoms. The third-order valence-corrected chi connectivity index (χ3v) is 3.44. The van der Waals surface area contributed by atoms with Crippen molar-refractivity contribution in [2.24, 2.45) is 0 Å². The highest BCUT2D eigenvalue weighted by atomic mass is 32.2. The summed E-state index contributed by atoms with van der Waals surface area (Å²) in [5.41, 5.74) is 0.826. The molecule has 1 rings (SSSR count). The molecule has 0 amide bonds. The van der Waals surface area contributed by atoms with Gasteiger partial charge < -0.3 is 5.11 Å². The summed E-state index contributed by atoms with van der Waals surface area (Å²) in [5.74, 6) is 0.320. The van der Waals surface area contributed by atoms with Crippen molar-refractivity contribution < 1.29 is 13.5 Å². The monoisotopic (exact) mass is 229 g/mol. The van der Waals surface area contributed by atoms with Crippen LogP contribution in [0.2, 0.25) is 0 Å². The minimum atomic E-state index is -3.15. The molecule has 0 radical (unpaired) electrons. The molecular weight excluding hydrogens is 214 g/mol. The SMILES string of the molecule is CCCS(=O)(=O)NCc1ccc(O)cc1. The lowest BCUT2D eigenvalue weighted by Crippen LogP contribution is -2.25. The van der Waals surface area contributed by atoms with E-state index in [4.69, 9.17) is 5.11 Å². The number of rotatable bonds is 5. The molecule has 2 N–H and O–H groups in total. The first-order chi connectivity index (χ1) is 7.03. The highest BCUT2D eigenvalue weighted by molar-refractivity contribution is 7.89. The zero-order chi connectivity index (χ0) is 11.3. The second-order valence-corrected chi connectivity index (χ2v) is 5.23. The Labute approximate surface area is 90.0 Å². The van der Waals surface area contributed by atoms with Crippen LogP contribution in [-0.2, 0) is 16.6 Å². The Morgan fingerprint density at radius 1 is 1.27 bits per heavy atom.